The molecule has 102 valence electrons. The summed E-state index contributed by atoms with van der Waals surface area (Å²) in [5.41, 5.74) is 3.49. The third kappa shape index (κ3) is 2.26. The molecule has 0 aliphatic heterocycles. The normalized spacial score (nSPS) is 11.1. The van der Waals surface area contributed by atoms with E-state index in [-0.39, 0.29) is 6.54 Å². The first-order valence-electron chi connectivity index (χ1n) is 5.52. The highest BCUT2D eigenvalue weighted by atomic mass is 35.5. The Bertz CT molecular complexity index is 799. The predicted molar refractivity (Wildman–Crippen MR) is 78.5 cm³/mol. The molecule has 0 saturated carbocycles. The van der Waals surface area contributed by atoms with Crippen molar-refractivity contribution >= 4 is 51.5 Å². The molecule has 8 heteroatoms. The number of carboxylic acid groups (broad SMARTS) is 1. The van der Waals surface area contributed by atoms with Gasteiger partial charge in [0.25, 0.3) is 0 Å². The molecule has 0 bridgehead atoms. The highest BCUT2D eigenvalue weighted by Crippen LogP contribution is 2.31. The molecule has 1 aromatic carbocycles. The molecule has 0 saturated heterocycles. The number of aromatic nitrogens is 3. The summed E-state index contributed by atoms with van der Waals surface area (Å²) in [5.74, 6) is -0.478. The van der Waals surface area contributed by atoms with Crippen LogP contribution in [0.25, 0.3) is 22.6 Å². The minimum absolute atomic E-state index is 0.221. The van der Waals surface area contributed by atoms with Crippen LogP contribution in [0.15, 0.2) is 23.0 Å². The minimum Gasteiger partial charge on any atom is -0.480 e. The van der Waals surface area contributed by atoms with Crippen LogP contribution >= 0.6 is 34.5 Å². The van der Waals surface area contributed by atoms with Gasteiger partial charge in [0.1, 0.15) is 12.2 Å². The Morgan fingerprint density at radius 1 is 1.35 bits per heavy atom. The summed E-state index contributed by atoms with van der Waals surface area (Å²) in [6, 6.07) is 3.23. The number of hydrogen-bond acceptors (Lipinski definition) is 4. The van der Waals surface area contributed by atoms with Crippen LogP contribution in [-0.2, 0) is 11.3 Å². The lowest BCUT2D eigenvalue weighted by atomic mass is 10.3. The molecule has 0 aliphatic rings. The lowest BCUT2D eigenvalue weighted by Gasteiger charge is -2.04. The Morgan fingerprint density at radius 2 is 2.10 bits per heavy atom. The van der Waals surface area contributed by atoms with Crippen molar-refractivity contribution < 1.29 is 9.90 Å². The van der Waals surface area contributed by atoms with Crippen LogP contribution in [0.3, 0.4) is 0 Å². The highest BCUT2D eigenvalue weighted by molar-refractivity contribution is 7.07. The zero-order valence-electron chi connectivity index (χ0n) is 9.88. The van der Waals surface area contributed by atoms with Crippen molar-refractivity contribution in [1.82, 2.24) is 14.5 Å². The average molecular weight is 328 g/mol. The summed E-state index contributed by atoms with van der Waals surface area (Å²) >= 11 is 13.4. The molecular formula is C12H7Cl2N3O2S. The van der Waals surface area contributed by atoms with Gasteiger partial charge in [-0.1, -0.05) is 23.2 Å². The van der Waals surface area contributed by atoms with Crippen molar-refractivity contribution in [2.45, 2.75) is 6.54 Å². The van der Waals surface area contributed by atoms with E-state index in [4.69, 9.17) is 28.3 Å². The number of carboxylic acids is 1. The number of thiazole rings is 1. The van der Waals surface area contributed by atoms with Gasteiger partial charge in [-0.25, -0.2) is 9.97 Å². The van der Waals surface area contributed by atoms with E-state index in [9.17, 15) is 4.79 Å². The van der Waals surface area contributed by atoms with Crippen molar-refractivity contribution in [2.75, 3.05) is 0 Å². The SMILES string of the molecule is O=C(O)Cn1c(-c2cscn2)nc2cc(Cl)c(Cl)cc21. The highest BCUT2D eigenvalue weighted by Gasteiger charge is 2.17. The van der Waals surface area contributed by atoms with Crippen LogP contribution in [0.2, 0.25) is 10.0 Å². The van der Waals surface area contributed by atoms with Crippen molar-refractivity contribution in [2.24, 2.45) is 0 Å². The van der Waals surface area contributed by atoms with E-state index < -0.39 is 5.97 Å². The number of rotatable bonds is 3. The topological polar surface area (TPSA) is 68.0 Å². The van der Waals surface area contributed by atoms with Gasteiger partial charge in [0.2, 0.25) is 0 Å². The lowest BCUT2D eigenvalue weighted by Crippen LogP contribution is -2.10. The van der Waals surface area contributed by atoms with Crippen molar-refractivity contribution in [3.8, 4) is 11.5 Å². The van der Waals surface area contributed by atoms with E-state index >= 15 is 0 Å². The second kappa shape index (κ2) is 5.05. The molecule has 5 nitrogen and oxygen atoms in total. The van der Waals surface area contributed by atoms with E-state index in [0.717, 1.165) is 0 Å². The number of carbonyl (C=O) groups is 1. The Morgan fingerprint density at radius 3 is 2.75 bits per heavy atom. The fourth-order valence-electron chi connectivity index (χ4n) is 1.93. The van der Waals surface area contributed by atoms with Gasteiger partial charge in [-0.05, 0) is 12.1 Å². The molecule has 3 aromatic rings. The molecule has 3 rings (SSSR count). The molecule has 0 radical (unpaired) electrons. The Hall–Kier alpha value is -1.63. The second-order valence-electron chi connectivity index (χ2n) is 4.04. The van der Waals surface area contributed by atoms with Crippen molar-refractivity contribution in [3.63, 3.8) is 0 Å². The fraction of sp³-hybridized carbons (Fsp3) is 0.0833. The number of benzene rings is 1. The minimum atomic E-state index is -0.966. The van der Waals surface area contributed by atoms with E-state index in [1.165, 1.54) is 11.3 Å². The lowest BCUT2D eigenvalue weighted by molar-refractivity contribution is -0.137. The third-order valence-electron chi connectivity index (χ3n) is 2.75. The van der Waals surface area contributed by atoms with Crippen molar-refractivity contribution in [3.05, 3.63) is 33.1 Å². The van der Waals surface area contributed by atoms with Gasteiger partial charge in [-0.15, -0.1) is 11.3 Å². The van der Waals surface area contributed by atoms with Gasteiger partial charge in [0, 0.05) is 5.38 Å². The molecular weight excluding hydrogens is 321 g/mol. The molecule has 20 heavy (non-hydrogen) atoms. The van der Waals surface area contributed by atoms with E-state index in [1.54, 1.807) is 22.2 Å². The van der Waals surface area contributed by atoms with Gasteiger partial charge >= 0.3 is 5.97 Å². The van der Waals surface area contributed by atoms with Crippen LogP contribution in [0.4, 0.5) is 0 Å². The molecule has 0 spiro atoms. The maximum absolute atomic E-state index is 11.1. The van der Waals surface area contributed by atoms with E-state index in [1.807, 2.05) is 5.38 Å². The summed E-state index contributed by atoms with van der Waals surface area (Å²) in [5, 5.41) is 11.6. The monoisotopic (exact) mass is 327 g/mol. The zero-order valence-corrected chi connectivity index (χ0v) is 12.2. The average Bonchev–Trinajstić information content (AvgIpc) is 2.99. The second-order valence-corrected chi connectivity index (χ2v) is 5.58. The van der Waals surface area contributed by atoms with Crippen molar-refractivity contribution in [1.29, 1.82) is 0 Å². The number of hydrogen-bond donors (Lipinski definition) is 1. The first kappa shape index (κ1) is 13.4. The molecule has 2 heterocycles. The number of fused-ring (bicyclic) bond motifs is 1. The molecule has 0 unspecified atom stereocenters. The summed E-state index contributed by atoms with van der Waals surface area (Å²) < 4.78 is 1.56. The molecule has 0 fully saturated rings. The van der Waals surface area contributed by atoms with Crippen LogP contribution in [0.1, 0.15) is 0 Å². The molecule has 1 N–H and O–H groups in total. The Balaban J connectivity index is 2.30. The first-order chi connectivity index (χ1) is 9.56. The van der Waals surface area contributed by atoms with E-state index in [0.29, 0.717) is 32.6 Å². The summed E-state index contributed by atoms with van der Waals surface area (Å²) in [6.45, 7) is -0.221. The molecule has 0 atom stereocenters. The summed E-state index contributed by atoms with van der Waals surface area (Å²) in [7, 11) is 0. The largest absolute Gasteiger partial charge is 0.480 e. The number of nitrogens with zero attached hydrogens (tertiary/aromatic N) is 3. The Labute approximate surface area is 127 Å². The fourth-order valence-corrected chi connectivity index (χ4v) is 2.78. The van der Waals surface area contributed by atoms with Crippen LogP contribution in [0, 0.1) is 0 Å². The summed E-state index contributed by atoms with van der Waals surface area (Å²) in [6.07, 6.45) is 0. The number of halogens is 2. The molecule has 2 aromatic heterocycles. The van der Waals surface area contributed by atoms with Crippen LogP contribution < -0.4 is 0 Å². The van der Waals surface area contributed by atoms with Gasteiger partial charge in [-0.3, -0.25) is 4.79 Å². The quantitative estimate of drug-likeness (QED) is 0.798. The zero-order chi connectivity index (χ0) is 14.3. The Kier molecular flexibility index (Phi) is 3.37. The maximum Gasteiger partial charge on any atom is 0.323 e. The summed E-state index contributed by atoms with van der Waals surface area (Å²) in [4.78, 5) is 19.6. The maximum atomic E-state index is 11.1. The number of aliphatic carboxylic acids is 1. The van der Waals surface area contributed by atoms with Gasteiger partial charge in [-0.2, -0.15) is 0 Å². The molecule has 0 aliphatic carbocycles. The third-order valence-corrected chi connectivity index (χ3v) is 4.05. The standard InChI is InChI=1S/C12H7Cl2N3O2S/c13-6-1-8-10(2-7(6)14)17(3-11(18)19)12(16-8)9-4-20-5-15-9/h1-2,4-5H,3H2,(H,18,19). The first-order valence-corrected chi connectivity index (χ1v) is 7.22. The van der Waals surface area contributed by atoms with Gasteiger partial charge in [0.15, 0.2) is 5.82 Å². The van der Waals surface area contributed by atoms with Gasteiger partial charge in [0.05, 0.1) is 26.6 Å². The van der Waals surface area contributed by atoms with Crippen LogP contribution in [-0.4, -0.2) is 25.6 Å². The van der Waals surface area contributed by atoms with Gasteiger partial charge < -0.3 is 9.67 Å². The smallest absolute Gasteiger partial charge is 0.323 e. The predicted octanol–water partition coefficient (Wildman–Crippen LogP) is 3.55. The van der Waals surface area contributed by atoms with E-state index in [2.05, 4.69) is 9.97 Å². The molecule has 0 amide bonds. The number of imidazole rings is 1. The van der Waals surface area contributed by atoms with Crippen LogP contribution in [0.5, 0.6) is 0 Å².